The fourth-order valence-corrected chi connectivity index (χ4v) is 3.20. The first kappa shape index (κ1) is 23.2. The molecule has 0 aliphatic carbocycles. The summed E-state index contributed by atoms with van der Waals surface area (Å²) < 4.78 is 44.2. The van der Waals surface area contributed by atoms with Gasteiger partial charge in [0.25, 0.3) is 6.47 Å². The second-order valence-electron chi connectivity index (χ2n) is 6.77. The van der Waals surface area contributed by atoms with Gasteiger partial charge < -0.3 is 25.6 Å². The summed E-state index contributed by atoms with van der Waals surface area (Å²) in [7, 11) is 0. The number of hydrogen-bond donors (Lipinski definition) is 4. The van der Waals surface area contributed by atoms with E-state index in [1.54, 1.807) is 18.5 Å². The number of aromatic hydroxyl groups is 1. The number of pyridine rings is 1. The van der Waals surface area contributed by atoms with E-state index in [1.165, 1.54) is 6.07 Å². The van der Waals surface area contributed by atoms with Gasteiger partial charge in [-0.2, -0.15) is 13.2 Å². The van der Waals surface area contributed by atoms with Crippen molar-refractivity contribution in [2.75, 3.05) is 31.6 Å². The molecule has 2 aromatic heterocycles. The molecule has 1 aliphatic heterocycles. The van der Waals surface area contributed by atoms with E-state index in [0.717, 1.165) is 12.6 Å². The fourth-order valence-electron chi connectivity index (χ4n) is 3.20. The van der Waals surface area contributed by atoms with Crippen molar-refractivity contribution in [1.29, 1.82) is 0 Å². The van der Waals surface area contributed by atoms with Gasteiger partial charge in [-0.15, -0.1) is 10.2 Å². The number of ether oxygens (including phenoxy) is 1. The lowest BCUT2D eigenvalue weighted by atomic mass is 10.0. The van der Waals surface area contributed by atoms with Crippen LogP contribution in [0.1, 0.15) is 5.56 Å². The van der Waals surface area contributed by atoms with Gasteiger partial charge in [0.05, 0.1) is 24.8 Å². The highest BCUT2D eigenvalue weighted by molar-refractivity contribution is 6.00. The van der Waals surface area contributed by atoms with Crippen molar-refractivity contribution < 1.29 is 32.9 Å². The number of phenols is 1. The van der Waals surface area contributed by atoms with Crippen LogP contribution in [0.25, 0.3) is 22.0 Å². The van der Waals surface area contributed by atoms with Crippen LogP contribution in [0, 0.1) is 0 Å². The van der Waals surface area contributed by atoms with Crippen molar-refractivity contribution in [1.82, 2.24) is 20.5 Å². The smallest absolute Gasteiger partial charge is 0.416 e. The Labute approximate surface area is 180 Å². The van der Waals surface area contributed by atoms with Crippen molar-refractivity contribution >= 4 is 23.1 Å². The molecule has 32 heavy (non-hydrogen) atoms. The zero-order valence-corrected chi connectivity index (χ0v) is 16.6. The van der Waals surface area contributed by atoms with E-state index in [0.29, 0.717) is 42.4 Å². The van der Waals surface area contributed by atoms with Gasteiger partial charge in [0, 0.05) is 41.8 Å². The number of fused-ring (bicyclic) bond motifs is 1. The molecule has 1 aliphatic rings. The minimum absolute atomic E-state index is 0.0199. The molecular formula is C20H20F3N5O4. The minimum Gasteiger partial charge on any atom is -0.507 e. The number of nitrogens with zero attached hydrogens (tertiary/aromatic N) is 3. The number of rotatable bonds is 3. The van der Waals surface area contributed by atoms with Crippen LogP contribution in [0.3, 0.4) is 0 Å². The van der Waals surface area contributed by atoms with Gasteiger partial charge in [0.2, 0.25) is 0 Å². The van der Waals surface area contributed by atoms with Crippen LogP contribution in [0.4, 0.5) is 19.0 Å². The molecule has 4 rings (SSSR count). The van der Waals surface area contributed by atoms with Crippen molar-refractivity contribution in [3.8, 4) is 17.0 Å². The molecule has 12 heteroatoms. The van der Waals surface area contributed by atoms with Crippen LogP contribution >= 0.6 is 0 Å². The number of hydrogen-bond acceptors (Lipinski definition) is 8. The summed E-state index contributed by atoms with van der Waals surface area (Å²) in [4.78, 5) is 12.5. The lowest BCUT2D eigenvalue weighted by Crippen LogP contribution is -2.34. The molecule has 1 atom stereocenters. The summed E-state index contributed by atoms with van der Waals surface area (Å²) in [5, 5.41) is 33.3. The van der Waals surface area contributed by atoms with Crippen molar-refractivity contribution in [3.05, 3.63) is 42.2 Å². The van der Waals surface area contributed by atoms with Crippen LogP contribution in [-0.2, 0) is 15.7 Å². The van der Waals surface area contributed by atoms with E-state index in [9.17, 15) is 18.3 Å². The standard InChI is InChI=1S/C19H18F3N5O2.CH2O2/c20-19(21,22)11-1-2-14(16(28)7-11)17-15-9-23-4-3-13(15)18(27-26-17)25-12-8-24-5-6-29-10-12;2-1-3/h1-4,7,9,12,24,28H,5-6,8,10H2,(H,25,27);1H,(H,2,3). The first-order valence-corrected chi connectivity index (χ1v) is 9.49. The normalized spacial score (nSPS) is 16.5. The summed E-state index contributed by atoms with van der Waals surface area (Å²) >= 11 is 0. The Morgan fingerprint density at radius 2 is 2.00 bits per heavy atom. The van der Waals surface area contributed by atoms with Crippen LogP contribution in [-0.4, -0.2) is 64.2 Å². The van der Waals surface area contributed by atoms with Crippen LogP contribution in [0.15, 0.2) is 36.7 Å². The van der Waals surface area contributed by atoms with E-state index < -0.39 is 17.5 Å². The number of phenolic OH excluding ortho intramolecular Hbond substituents is 1. The average Bonchev–Trinajstić information content (AvgIpc) is 3.03. The lowest BCUT2D eigenvalue weighted by molar-refractivity contribution is -0.137. The summed E-state index contributed by atoms with van der Waals surface area (Å²) in [5.74, 6) is -0.0174. The number of halogens is 3. The molecule has 1 fully saturated rings. The van der Waals surface area contributed by atoms with Crippen molar-refractivity contribution in [3.63, 3.8) is 0 Å². The number of nitrogens with one attached hydrogen (secondary N) is 2. The number of alkyl halides is 3. The minimum atomic E-state index is -4.55. The van der Waals surface area contributed by atoms with Gasteiger partial charge >= 0.3 is 6.18 Å². The Kier molecular flexibility index (Phi) is 7.38. The third-order valence-corrected chi connectivity index (χ3v) is 4.64. The van der Waals surface area contributed by atoms with E-state index >= 15 is 0 Å². The number of aromatic nitrogens is 3. The van der Waals surface area contributed by atoms with Gasteiger partial charge in [0.15, 0.2) is 5.82 Å². The summed E-state index contributed by atoms with van der Waals surface area (Å²) in [6.45, 7) is 2.33. The Morgan fingerprint density at radius 1 is 1.22 bits per heavy atom. The highest BCUT2D eigenvalue weighted by atomic mass is 19.4. The molecule has 170 valence electrons. The zero-order chi connectivity index (χ0) is 23.1. The molecule has 0 amide bonds. The Balaban J connectivity index is 0.000000913. The molecule has 1 saturated heterocycles. The second-order valence-corrected chi connectivity index (χ2v) is 6.77. The van der Waals surface area contributed by atoms with Gasteiger partial charge in [-0.05, 0) is 24.3 Å². The third-order valence-electron chi connectivity index (χ3n) is 4.64. The lowest BCUT2D eigenvalue weighted by Gasteiger charge is -2.18. The predicted molar refractivity (Wildman–Crippen MR) is 109 cm³/mol. The predicted octanol–water partition coefficient (Wildman–Crippen LogP) is 2.52. The molecule has 0 radical (unpaired) electrons. The largest absolute Gasteiger partial charge is 0.507 e. The number of benzene rings is 1. The SMILES string of the molecule is O=CO.Oc1cc(C(F)(F)F)ccc1-c1nnc(NC2CNCCOC2)c2ccncc12. The third kappa shape index (κ3) is 5.39. The highest BCUT2D eigenvalue weighted by Crippen LogP contribution is 2.38. The quantitative estimate of drug-likeness (QED) is 0.444. The molecule has 0 spiro atoms. The van der Waals surface area contributed by atoms with Crippen molar-refractivity contribution in [2.45, 2.75) is 12.2 Å². The van der Waals surface area contributed by atoms with Crippen molar-refractivity contribution in [2.24, 2.45) is 0 Å². The molecular weight excluding hydrogens is 431 g/mol. The van der Waals surface area contributed by atoms with E-state index in [-0.39, 0.29) is 23.8 Å². The molecule has 1 aromatic carbocycles. The average molecular weight is 451 g/mol. The maximum Gasteiger partial charge on any atom is 0.416 e. The van der Waals surface area contributed by atoms with Gasteiger partial charge in [-0.25, -0.2) is 0 Å². The monoisotopic (exact) mass is 451 g/mol. The molecule has 0 saturated carbocycles. The molecule has 3 aromatic rings. The zero-order valence-electron chi connectivity index (χ0n) is 16.6. The molecule has 4 N–H and O–H groups in total. The van der Waals surface area contributed by atoms with Crippen LogP contribution in [0.2, 0.25) is 0 Å². The Morgan fingerprint density at radius 3 is 2.72 bits per heavy atom. The van der Waals surface area contributed by atoms with Crippen LogP contribution < -0.4 is 10.6 Å². The molecule has 0 bridgehead atoms. The number of carbonyl (C=O) groups is 1. The summed E-state index contributed by atoms with van der Waals surface area (Å²) in [6, 6.07) is 4.49. The van der Waals surface area contributed by atoms with Crippen LogP contribution in [0.5, 0.6) is 5.75 Å². The first-order valence-electron chi connectivity index (χ1n) is 9.49. The van der Waals surface area contributed by atoms with E-state index in [4.69, 9.17) is 14.6 Å². The van der Waals surface area contributed by atoms with Gasteiger partial charge in [-0.1, -0.05) is 0 Å². The summed E-state index contributed by atoms with van der Waals surface area (Å²) in [5.41, 5.74) is -0.539. The second kappa shape index (κ2) is 10.2. The summed E-state index contributed by atoms with van der Waals surface area (Å²) in [6.07, 6.45) is -1.41. The molecule has 1 unspecified atom stereocenters. The maximum absolute atomic E-state index is 12.9. The number of anilines is 1. The fraction of sp³-hybridized carbons (Fsp3) is 0.300. The first-order chi connectivity index (χ1) is 15.3. The highest BCUT2D eigenvalue weighted by Gasteiger charge is 2.31. The Bertz CT molecular complexity index is 1070. The maximum atomic E-state index is 12.9. The van der Waals surface area contributed by atoms with Gasteiger partial charge in [0.1, 0.15) is 11.4 Å². The van der Waals surface area contributed by atoms with E-state index in [1.807, 2.05) is 0 Å². The topological polar surface area (TPSA) is 129 Å². The number of carboxylic acid groups (broad SMARTS) is 1. The van der Waals surface area contributed by atoms with Gasteiger partial charge in [-0.3, -0.25) is 9.78 Å². The Hall–Kier alpha value is -3.51. The molecule has 3 heterocycles. The molecule has 9 nitrogen and oxygen atoms in total. The van der Waals surface area contributed by atoms with E-state index in [2.05, 4.69) is 25.8 Å².